The second-order valence-electron chi connectivity index (χ2n) is 7.36. The van der Waals surface area contributed by atoms with Gasteiger partial charge in [-0.05, 0) is 54.7 Å². The Kier molecular flexibility index (Phi) is 5.47. The Labute approximate surface area is 176 Å². The lowest BCUT2D eigenvalue weighted by Gasteiger charge is -2.14. The molecule has 2 heterocycles. The Morgan fingerprint density at radius 3 is 2.35 bits per heavy atom. The molecule has 0 bridgehead atoms. The lowest BCUT2D eigenvalue weighted by Crippen LogP contribution is -2.24. The molecule has 0 fully saturated rings. The maximum Gasteiger partial charge on any atom is 0.416 e. The van der Waals surface area contributed by atoms with E-state index in [1.807, 2.05) is 0 Å². The van der Waals surface area contributed by atoms with Gasteiger partial charge in [0, 0.05) is 12.6 Å². The molecule has 8 heteroatoms. The Balaban J connectivity index is 1.86. The fraction of sp³-hybridized carbons (Fsp3) is 0.304. The third-order valence-corrected chi connectivity index (χ3v) is 5.40. The molecular formula is C23H21F3N2O3. The molecular weight excluding hydrogens is 409 g/mol. The average molecular weight is 430 g/mol. The minimum Gasteiger partial charge on any atom is -0.493 e. The molecule has 162 valence electrons. The highest BCUT2D eigenvalue weighted by Gasteiger charge is 2.30. The van der Waals surface area contributed by atoms with Gasteiger partial charge in [0.25, 0.3) is 5.56 Å². The highest BCUT2D eigenvalue weighted by atomic mass is 19.4. The van der Waals surface area contributed by atoms with E-state index in [0.29, 0.717) is 46.8 Å². The molecule has 0 radical (unpaired) electrons. The van der Waals surface area contributed by atoms with Crippen molar-refractivity contribution in [3.8, 4) is 11.5 Å². The summed E-state index contributed by atoms with van der Waals surface area (Å²) in [5.41, 5.74) is 1.04. The van der Waals surface area contributed by atoms with Gasteiger partial charge in [0.05, 0.1) is 30.7 Å². The number of halogens is 3. The number of benzene rings is 2. The standard InChI is InChI=1S/C23H21F3N2O3/c1-30-19-12-17-18(13-20(19)31-2)27-21-15(5-3-4-10-28(21)22(17)29)11-14-6-8-16(9-7-14)23(24,25)26/h6-9,11-13H,3-5,10H2,1-2H3/b15-11-. The molecule has 0 amide bonds. The van der Waals surface area contributed by atoms with Crippen molar-refractivity contribution in [1.29, 1.82) is 0 Å². The lowest BCUT2D eigenvalue weighted by molar-refractivity contribution is -0.137. The summed E-state index contributed by atoms with van der Waals surface area (Å²) in [5.74, 6) is 1.44. The number of hydrogen-bond donors (Lipinski definition) is 0. The molecule has 0 saturated carbocycles. The van der Waals surface area contributed by atoms with Crippen LogP contribution in [-0.2, 0) is 12.7 Å². The van der Waals surface area contributed by atoms with Gasteiger partial charge in [-0.25, -0.2) is 4.98 Å². The van der Waals surface area contributed by atoms with Crippen LogP contribution in [0.15, 0.2) is 41.2 Å². The highest BCUT2D eigenvalue weighted by molar-refractivity contribution is 5.85. The largest absolute Gasteiger partial charge is 0.493 e. The average Bonchev–Trinajstić information content (AvgIpc) is 2.95. The molecule has 0 unspecified atom stereocenters. The van der Waals surface area contributed by atoms with Crippen molar-refractivity contribution in [3.05, 3.63) is 63.7 Å². The Bertz CT molecular complexity index is 1210. The SMILES string of the molecule is COc1cc2nc3n(c(=O)c2cc1OC)CCCC/C3=C/c1ccc(C(F)(F)F)cc1. The molecule has 31 heavy (non-hydrogen) atoms. The first kappa shape index (κ1) is 21.0. The summed E-state index contributed by atoms with van der Waals surface area (Å²) < 4.78 is 50.8. The van der Waals surface area contributed by atoms with Crippen molar-refractivity contribution in [3.63, 3.8) is 0 Å². The minimum atomic E-state index is -4.38. The van der Waals surface area contributed by atoms with Crippen molar-refractivity contribution < 1.29 is 22.6 Å². The van der Waals surface area contributed by atoms with Crippen LogP contribution in [-0.4, -0.2) is 23.8 Å². The van der Waals surface area contributed by atoms with Crippen LogP contribution in [0.3, 0.4) is 0 Å². The van der Waals surface area contributed by atoms with Crippen LogP contribution in [0.25, 0.3) is 22.6 Å². The van der Waals surface area contributed by atoms with Crippen LogP contribution in [0.5, 0.6) is 11.5 Å². The van der Waals surface area contributed by atoms with Crippen LogP contribution >= 0.6 is 0 Å². The van der Waals surface area contributed by atoms with Crippen molar-refractivity contribution in [2.45, 2.75) is 32.0 Å². The van der Waals surface area contributed by atoms with Crippen molar-refractivity contribution in [2.75, 3.05) is 14.2 Å². The number of fused-ring (bicyclic) bond motifs is 2. The zero-order valence-electron chi connectivity index (χ0n) is 17.1. The second-order valence-corrected chi connectivity index (χ2v) is 7.36. The molecule has 0 N–H and O–H groups in total. The maximum atomic E-state index is 13.2. The monoisotopic (exact) mass is 430 g/mol. The molecule has 5 nitrogen and oxygen atoms in total. The van der Waals surface area contributed by atoms with Gasteiger partial charge >= 0.3 is 6.18 Å². The first-order chi connectivity index (χ1) is 14.8. The van der Waals surface area contributed by atoms with Crippen molar-refractivity contribution >= 4 is 22.6 Å². The van der Waals surface area contributed by atoms with E-state index in [4.69, 9.17) is 14.5 Å². The van der Waals surface area contributed by atoms with E-state index in [1.165, 1.54) is 26.4 Å². The summed E-state index contributed by atoms with van der Waals surface area (Å²) in [6.45, 7) is 0.524. The van der Waals surface area contributed by atoms with Gasteiger partial charge in [-0.2, -0.15) is 13.2 Å². The van der Waals surface area contributed by atoms with Gasteiger partial charge in [0.15, 0.2) is 11.5 Å². The fourth-order valence-corrected chi connectivity index (χ4v) is 3.80. The summed E-state index contributed by atoms with van der Waals surface area (Å²) in [6.07, 6.45) is -0.257. The summed E-state index contributed by atoms with van der Waals surface area (Å²) >= 11 is 0. The zero-order chi connectivity index (χ0) is 22.2. The van der Waals surface area contributed by atoms with Crippen LogP contribution < -0.4 is 15.0 Å². The van der Waals surface area contributed by atoms with Gasteiger partial charge in [-0.1, -0.05) is 12.1 Å². The van der Waals surface area contributed by atoms with E-state index in [1.54, 1.807) is 22.8 Å². The Morgan fingerprint density at radius 2 is 1.71 bits per heavy atom. The summed E-state index contributed by atoms with van der Waals surface area (Å²) in [5, 5.41) is 0.428. The predicted octanol–water partition coefficient (Wildman–Crippen LogP) is 5.16. The molecule has 0 spiro atoms. The molecule has 2 aromatic carbocycles. The van der Waals surface area contributed by atoms with Gasteiger partial charge in [0.1, 0.15) is 5.82 Å². The topological polar surface area (TPSA) is 53.4 Å². The smallest absolute Gasteiger partial charge is 0.416 e. The van der Waals surface area contributed by atoms with Crippen molar-refractivity contribution in [2.24, 2.45) is 0 Å². The van der Waals surface area contributed by atoms with Crippen LogP contribution in [0.2, 0.25) is 0 Å². The molecule has 1 aliphatic rings. The van der Waals surface area contributed by atoms with E-state index in [0.717, 1.165) is 30.5 Å². The number of ether oxygens (including phenoxy) is 2. The third kappa shape index (κ3) is 4.02. The number of allylic oxidation sites excluding steroid dienone is 1. The van der Waals surface area contributed by atoms with E-state index in [2.05, 4.69) is 0 Å². The second kappa shape index (κ2) is 8.09. The van der Waals surface area contributed by atoms with Crippen LogP contribution in [0, 0.1) is 0 Å². The van der Waals surface area contributed by atoms with E-state index in [9.17, 15) is 18.0 Å². The summed E-state index contributed by atoms with van der Waals surface area (Å²) in [4.78, 5) is 18.0. The molecule has 3 aromatic rings. The number of hydrogen-bond acceptors (Lipinski definition) is 4. The number of nitrogens with zero attached hydrogens (tertiary/aromatic N) is 2. The number of aromatic nitrogens is 2. The number of alkyl halides is 3. The van der Waals surface area contributed by atoms with Crippen LogP contribution in [0.1, 0.15) is 36.2 Å². The normalized spacial score (nSPS) is 15.6. The molecule has 0 aliphatic carbocycles. The molecule has 4 rings (SSSR count). The first-order valence-corrected chi connectivity index (χ1v) is 9.86. The van der Waals surface area contributed by atoms with Gasteiger partial charge < -0.3 is 9.47 Å². The zero-order valence-corrected chi connectivity index (χ0v) is 17.1. The van der Waals surface area contributed by atoms with Crippen LogP contribution in [0.4, 0.5) is 13.2 Å². The van der Waals surface area contributed by atoms with E-state index >= 15 is 0 Å². The maximum absolute atomic E-state index is 13.2. The quantitative estimate of drug-likeness (QED) is 0.576. The number of methoxy groups -OCH3 is 2. The van der Waals surface area contributed by atoms with Crippen molar-refractivity contribution in [1.82, 2.24) is 9.55 Å². The number of rotatable bonds is 3. The summed E-state index contributed by atoms with van der Waals surface area (Å²) in [6, 6.07) is 8.26. The lowest BCUT2D eigenvalue weighted by atomic mass is 10.0. The Hall–Kier alpha value is -3.29. The van der Waals surface area contributed by atoms with Gasteiger partial charge in [0.2, 0.25) is 0 Å². The fourth-order valence-electron chi connectivity index (χ4n) is 3.80. The predicted molar refractivity (Wildman–Crippen MR) is 112 cm³/mol. The molecule has 1 aliphatic heterocycles. The minimum absolute atomic E-state index is 0.179. The van der Waals surface area contributed by atoms with E-state index in [-0.39, 0.29) is 5.56 Å². The molecule has 0 atom stereocenters. The third-order valence-electron chi connectivity index (χ3n) is 5.40. The molecule has 1 aromatic heterocycles. The van der Waals surface area contributed by atoms with Gasteiger partial charge in [-0.15, -0.1) is 0 Å². The summed E-state index contributed by atoms with van der Waals surface area (Å²) in [7, 11) is 3.01. The molecule has 0 saturated heterocycles. The highest BCUT2D eigenvalue weighted by Crippen LogP contribution is 2.33. The Morgan fingerprint density at radius 1 is 1.03 bits per heavy atom. The van der Waals surface area contributed by atoms with Gasteiger partial charge in [-0.3, -0.25) is 9.36 Å². The first-order valence-electron chi connectivity index (χ1n) is 9.86. The van der Waals surface area contributed by atoms with E-state index < -0.39 is 11.7 Å².